The van der Waals surface area contributed by atoms with Gasteiger partial charge in [-0.25, -0.2) is 12.8 Å². The van der Waals surface area contributed by atoms with Crippen molar-refractivity contribution in [1.82, 2.24) is 10.2 Å². The summed E-state index contributed by atoms with van der Waals surface area (Å²) in [4.78, 5) is 28.0. The Morgan fingerprint density at radius 3 is 2.23 bits per heavy atom. The molecule has 1 N–H and O–H groups in total. The summed E-state index contributed by atoms with van der Waals surface area (Å²) >= 11 is 0. The molecule has 3 aromatic rings. The molecule has 40 heavy (non-hydrogen) atoms. The first-order valence-corrected chi connectivity index (χ1v) is 14.3. The number of nitrogens with zero attached hydrogens (tertiary/aromatic N) is 2. The molecule has 0 bridgehead atoms. The summed E-state index contributed by atoms with van der Waals surface area (Å²) in [6, 6.07) is 17.0. The van der Waals surface area contributed by atoms with E-state index in [4.69, 9.17) is 9.47 Å². The molecule has 11 heteroatoms. The van der Waals surface area contributed by atoms with Gasteiger partial charge < -0.3 is 19.7 Å². The maximum atomic E-state index is 14.0. The van der Waals surface area contributed by atoms with E-state index in [1.165, 1.54) is 35.2 Å². The fourth-order valence-electron chi connectivity index (χ4n) is 4.22. The third-order valence-electron chi connectivity index (χ3n) is 6.29. The minimum absolute atomic E-state index is 0.0771. The van der Waals surface area contributed by atoms with Crippen molar-refractivity contribution in [3.8, 4) is 11.5 Å². The minimum atomic E-state index is -4.34. The van der Waals surface area contributed by atoms with Crippen LogP contribution in [0.15, 0.2) is 77.7 Å². The Morgan fingerprint density at radius 2 is 1.57 bits per heavy atom. The zero-order chi connectivity index (χ0) is 28.9. The Labute approximate surface area is 233 Å². The van der Waals surface area contributed by atoms with Crippen LogP contribution in [0, 0.1) is 5.82 Å². The quantitative estimate of drug-likeness (QED) is 0.399. The van der Waals surface area contributed by atoms with Crippen LogP contribution in [-0.4, -0.2) is 57.0 Å². The molecule has 0 aliphatic carbocycles. The molecule has 212 valence electrons. The number of amides is 2. The van der Waals surface area contributed by atoms with E-state index in [0.717, 1.165) is 22.0 Å². The van der Waals surface area contributed by atoms with Crippen LogP contribution in [0.2, 0.25) is 0 Å². The van der Waals surface area contributed by atoms with Gasteiger partial charge in [-0.2, -0.15) is 0 Å². The van der Waals surface area contributed by atoms with Crippen LogP contribution in [0.4, 0.5) is 10.1 Å². The van der Waals surface area contributed by atoms with E-state index in [9.17, 15) is 22.4 Å². The fourth-order valence-corrected chi connectivity index (χ4v) is 5.65. The van der Waals surface area contributed by atoms with Crippen molar-refractivity contribution < 1.29 is 31.9 Å². The predicted octanol–water partition coefficient (Wildman–Crippen LogP) is 3.73. The Balaban J connectivity index is 1.71. The highest BCUT2D eigenvalue weighted by molar-refractivity contribution is 7.92. The van der Waals surface area contributed by atoms with E-state index in [1.54, 1.807) is 6.92 Å². The van der Waals surface area contributed by atoms with Crippen LogP contribution in [-0.2, 0) is 26.2 Å². The summed E-state index contributed by atoms with van der Waals surface area (Å²) in [6.07, 6.45) is 0. The minimum Gasteiger partial charge on any atom is -0.486 e. The maximum Gasteiger partial charge on any atom is 0.264 e. The van der Waals surface area contributed by atoms with Gasteiger partial charge in [-0.3, -0.25) is 13.9 Å². The molecule has 1 atom stereocenters. The number of nitrogens with one attached hydrogen (secondary N) is 1. The summed E-state index contributed by atoms with van der Waals surface area (Å²) in [6.45, 7) is 5.27. The molecule has 1 heterocycles. The molecular formula is C29H32FN3O6S. The molecule has 0 spiro atoms. The molecule has 4 rings (SSSR count). The third-order valence-corrected chi connectivity index (χ3v) is 8.06. The average molecular weight is 570 g/mol. The molecule has 9 nitrogen and oxygen atoms in total. The first-order valence-electron chi connectivity index (χ1n) is 12.9. The van der Waals surface area contributed by atoms with E-state index in [2.05, 4.69) is 5.32 Å². The van der Waals surface area contributed by atoms with E-state index >= 15 is 0 Å². The van der Waals surface area contributed by atoms with Crippen molar-refractivity contribution in [1.29, 1.82) is 0 Å². The lowest BCUT2D eigenvalue weighted by molar-refractivity contribution is -0.139. The van der Waals surface area contributed by atoms with Gasteiger partial charge in [0.25, 0.3) is 10.0 Å². The number of rotatable bonds is 10. The van der Waals surface area contributed by atoms with Gasteiger partial charge in [-0.15, -0.1) is 0 Å². The smallest absolute Gasteiger partial charge is 0.264 e. The summed E-state index contributed by atoms with van der Waals surface area (Å²) < 4.78 is 53.7. The number of anilines is 1. The first kappa shape index (κ1) is 28.9. The van der Waals surface area contributed by atoms with Crippen molar-refractivity contribution >= 4 is 27.5 Å². The molecule has 0 fully saturated rings. The Morgan fingerprint density at radius 1 is 0.925 bits per heavy atom. The number of halogens is 1. The van der Waals surface area contributed by atoms with Gasteiger partial charge in [0, 0.05) is 18.7 Å². The number of sulfonamides is 1. The average Bonchev–Trinajstić information content (AvgIpc) is 2.94. The fraction of sp³-hybridized carbons (Fsp3) is 0.310. The number of ether oxygens (including phenoxy) is 2. The van der Waals surface area contributed by atoms with Crippen LogP contribution in [0.3, 0.4) is 0 Å². The molecule has 3 aromatic carbocycles. The lowest BCUT2D eigenvalue weighted by Crippen LogP contribution is -2.52. The second kappa shape index (κ2) is 12.4. The second-order valence-corrected chi connectivity index (χ2v) is 11.5. The highest BCUT2D eigenvalue weighted by atomic mass is 32.2. The topological polar surface area (TPSA) is 105 Å². The monoisotopic (exact) mass is 569 g/mol. The number of carbonyl (C=O) groups excluding carboxylic acids is 2. The highest BCUT2D eigenvalue weighted by Crippen LogP contribution is 2.34. The Kier molecular flexibility index (Phi) is 8.93. The SMILES string of the molecule is CC(C)NC(=O)[C@@H](C)N(Cc1ccccc1)C(=O)CN(c1ccc(F)cc1)S(=O)(=O)c1ccc2c(c1)OCCO2. The molecule has 0 aromatic heterocycles. The summed E-state index contributed by atoms with van der Waals surface area (Å²) in [5.41, 5.74) is 0.853. The number of hydrogen-bond donors (Lipinski definition) is 1. The maximum absolute atomic E-state index is 14.0. The van der Waals surface area contributed by atoms with Crippen LogP contribution in [0.1, 0.15) is 26.3 Å². The van der Waals surface area contributed by atoms with Gasteiger partial charge in [0.05, 0.1) is 10.6 Å². The molecule has 0 radical (unpaired) electrons. The van der Waals surface area contributed by atoms with E-state index in [0.29, 0.717) is 12.4 Å². The van der Waals surface area contributed by atoms with Crippen molar-refractivity contribution in [3.63, 3.8) is 0 Å². The van der Waals surface area contributed by atoms with Crippen LogP contribution in [0.25, 0.3) is 0 Å². The van der Waals surface area contributed by atoms with Crippen molar-refractivity contribution in [2.45, 2.75) is 44.3 Å². The molecule has 0 saturated carbocycles. The number of hydrogen-bond acceptors (Lipinski definition) is 6. The summed E-state index contributed by atoms with van der Waals surface area (Å²) in [5, 5.41) is 2.81. The zero-order valence-corrected chi connectivity index (χ0v) is 23.4. The van der Waals surface area contributed by atoms with Crippen LogP contribution in [0.5, 0.6) is 11.5 Å². The van der Waals surface area contributed by atoms with E-state index < -0.39 is 34.3 Å². The molecule has 0 saturated heterocycles. The molecule has 2 amide bonds. The van der Waals surface area contributed by atoms with Gasteiger partial charge in [-0.1, -0.05) is 30.3 Å². The van der Waals surface area contributed by atoms with E-state index in [1.807, 2.05) is 44.2 Å². The third kappa shape index (κ3) is 6.71. The van der Waals surface area contributed by atoms with Crippen LogP contribution < -0.4 is 19.1 Å². The second-order valence-electron chi connectivity index (χ2n) is 9.64. The van der Waals surface area contributed by atoms with Gasteiger partial charge in [-0.05, 0) is 62.7 Å². The van der Waals surface area contributed by atoms with Crippen molar-refractivity contribution in [3.05, 3.63) is 84.2 Å². The van der Waals surface area contributed by atoms with Crippen molar-refractivity contribution in [2.75, 3.05) is 24.1 Å². The Hall–Kier alpha value is -4.12. The molecular weight excluding hydrogens is 537 g/mol. The lowest BCUT2D eigenvalue weighted by atomic mass is 10.1. The zero-order valence-electron chi connectivity index (χ0n) is 22.5. The highest BCUT2D eigenvalue weighted by Gasteiger charge is 2.33. The molecule has 0 unspecified atom stereocenters. The number of carbonyl (C=O) groups is 2. The lowest BCUT2D eigenvalue weighted by Gasteiger charge is -2.32. The van der Waals surface area contributed by atoms with Gasteiger partial charge in [0.2, 0.25) is 11.8 Å². The van der Waals surface area contributed by atoms with Gasteiger partial charge >= 0.3 is 0 Å². The largest absolute Gasteiger partial charge is 0.486 e. The van der Waals surface area contributed by atoms with Crippen LogP contribution >= 0.6 is 0 Å². The number of fused-ring (bicyclic) bond motifs is 1. The van der Waals surface area contributed by atoms with E-state index in [-0.39, 0.29) is 41.4 Å². The normalized spacial score (nSPS) is 13.4. The van der Waals surface area contributed by atoms with Crippen molar-refractivity contribution in [2.24, 2.45) is 0 Å². The molecule has 1 aliphatic rings. The molecule has 1 aliphatic heterocycles. The standard InChI is InChI=1S/C29H32FN3O6S/c1-20(2)31-29(35)21(3)32(18-22-7-5-4-6-8-22)28(34)19-33(24-11-9-23(30)10-12-24)40(36,37)25-13-14-26-27(17-25)39-16-15-38-26/h4-14,17,20-21H,15-16,18-19H2,1-3H3,(H,31,35)/t21-/m1/s1. The van der Waals surface area contributed by atoms with Gasteiger partial charge in [0.15, 0.2) is 11.5 Å². The van der Waals surface area contributed by atoms with Gasteiger partial charge in [0.1, 0.15) is 31.6 Å². The summed E-state index contributed by atoms with van der Waals surface area (Å²) in [5.74, 6) is -0.865. The summed E-state index contributed by atoms with van der Waals surface area (Å²) in [7, 11) is -4.34. The predicted molar refractivity (Wildman–Crippen MR) is 148 cm³/mol. The number of benzene rings is 3. The Bertz CT molecular complexity index is 1450. The first-order chi connectivity index (χ1) is 19.1.